The van der Waals surface area contributed by atoms with Crippen LogP contribution in [0.4, 0.5) is 0 Å². The van der Waals surface area contributed by atoms with Gasteiger partial charge < -0.3 is 11.1 Å². The summed E-state index contributed by atoms with van der Waals surface area (Å²) in [7, 11) is -2.90. The summed E-state index contributed by atoms with van der Waals surface area (Å²) in [6.07, 6.45) is 3.48. The van der Waals surface area contributed by atoms with E-state index in [-0.39, 0.29) is 17.3 Å². The van der Waals surface area contributed by atoms with Gasteiger partial charge in [-0.2, -0.15) is 0 Å². The van der Waals surface area contributed by atoms with E-state index in [1.54, 1.807) is 0 Å². The van der Waals surface area contributed by atoms with Gasteiger partial charge in [-0.05, 0) is 30.4 Å². The van der Waals surface area contributed by atoms with Gasteiger partial charge in [0, 0.05) is 18.6 Å². The zero-order valence-corrected chi connectivity index (χ0v) is 12.4. The third-order valence-corrected chi connectivity index (χ3v) is 6.84. The highest BCUT2D eigenvalue weighted by molar-refractivity contribution is 7.92. The molecular weight excluding hydrogens is 272 g/mol. The van der Waals surface area contributed by atoms with Gasteiger partial charge in [0.05, 0.1) is 11.0 Å². The van der Waals surface area contributed by atoms with Gasteiger partial charge in [0.25, 0.3) is 0 Å². The van der Waals surface area contributed by atoms with Crippen molar-refractivity contribution in [3.63, 3.8) is 0 Å². The number of hydrogen-bond donors (Lipinski definition) is 2. The highest BCUT2D eigenvalue weighted by Gasteiger charge is 2.32. The topological polar surface area (TPSA) is 72.2 Å². The molecule has 3 atom stereocenters. The lowest BCUT2D eigenvalue weighted by molar-refractivity contribution is 0.467. The SMILES string of the molecule is NC1CC(NCC2CCCCS2(=O)=O)c2ccccc21. The standard InChI is InChI=1S/C15H22N2O2S/c16-14-9-15(13-7-2-1-6-12(13)14)17-10-11-5-3-4-8-20(11,18)19/h1-2,6-7,11,14-15,17H,3-5,8-10,16H2. The third-order valence-electron chi connectivity index (χ3n) is 4.57. The number of fused-ring (bicyclic) bond motifs is 1. The van der Waals surface area contributed by atoms with Crippen LogP contribution in [0.1, 0.15) is 48.9 Å². The Hall–Kier alpha value is -0.910. The minimum absolute atomic E-state index is 0.0617. The molecule has 110 valence electrons. The van der Waals surface area contributed by atoms with Crippen molar-refractivity contribution in [1.82, 2.24) is 5.32 Å². The summed E-state index contributed by atoms with van der Waals surface area (Å²) in [6.45, 7) is 0.550. The molecule has 20 heavy (non-hydrogen) atoms. The molecule has 0 spiro atoms. The molecule has 0 radical (unpaired) electrons. The third kappa shape index (κ3) is 2.62. The Labute approximate surface area is 120 Å². The summed E-state index contributed by atoms with van der Waals surface area (Å²) in [6, 6.07) is 8.44. The van der Waals surface area contributed by atoms with Gasteiger partial charge in [0.2, 0.25) is 0 Å². The van der Waals surface area contributed by atoms with Crippen LogP contribution in [-0.4, -0.2) is 26.0 Å². The van der Waals surface area contributed by atoms with E-state index in [9.17, 15) is 8.42 Å². The zero-order valence-electron chi connectivity index (χ0n) is 11.6. The lowest BCUT2D eigenvalue weighted by atomic mass is 10.1. The molecule has 5 heteroatoms. The number of nitrogens with one attached hydrogen (secondary N) is 1. The van der Waals surface area contributed by atoms with E-state index < -0.39 is 9.84 Å². The van der Waals surface area contributed by atoms with Crippen molar-refractivity contribution < 1.29 is 8.42 Å². The summed E-state index contributed by atoms with van der Waals surface area (Å²) >= 11 is 0. The predicted molar refractivity (Wildman–Crippen MR) is 80.2 cm³/mol. The highest BCUT2D eigenvalue weighted by atomic mass is 32.2. The van der Waals surface area contributed by atoms with Crippen LogP contribution in [0.25, 0.3) is 0 Å². The number of sulfone groups is 1. The molecular formula is C15H22N2O2S. The number of hydrogen-bond acceptors (Lipinski definition) is 4. The van der Waals surface area contributed by atoms with Crippen LogP contribution in [0.5, 0.6) is 0 Å². The van der Waals surface area contributed by atoms with Gasteiger partial charge in [-0.25, -0.2) is 8.42 Å². The minimum atomic E-state index is -2.90. The lowest BCUT2D eigenvalue weighted by Gasteiger charge is -2.24. The first-order valence-corrected chi connectivity index (χ1v) is 9.09. The first kappa shape index (κ1) is 14.0. The second kappa shape index (κ2) is 5.47. The second-order valence-corrected chi connectivity index (χ2v) is 8.32. The van der Waals surface area contributed by atoms with Crippen molar-refractivity contribution in [3.05, 3.63) is 35.4 Å². The van der Waals surface area contributed by atoms with Crippen LogP contribution in [0.2, 0.25) is 0 Å². The number of benzene rings is 1. The summed E-state index contributed by atoms with van der Waals surface area (Å²) in [5.74, 6) is 0.347. The van der Waals surface area contributed by atoms with Crippen LogP contribution in [0.3, 0.4) is 0 Å². The fourth-order valence-electron chi connectivity index (χ4n) is 3.39. The highest BCUT2D eigenvalue weighted by Crippen LogP contribution is 2.37. The van der Waals surface area contributed by atoms with E-state index >= 15 is 0 Å². The van der Waals surface area contributed by atoms with Crippen molar-refractivity contribution >= 4 is 9.84 Å². The van der Waals surface area contributed by atoms with Gasteiger partial charge in [-0.3, -0.25) is 0 Å². The Morgan fingerprint density at radius 1 is 1.20 bits per heavy atom. The summed E-state index contributed by atoms with van der Waals surface area (Å²) in [5, 5.41) is 3.21. The smallest absolute Gasteiger partial charge is 0.154 e. The van der Waals surface area contributed by atoms with Crippen LogP contribution in [0.15, 0.2) is 24.3 Å². The van der Waals surface area contributed by atoms with E-state index in [1.165, 1.54) is 11.1 Å². The molecule has 1 aliphatic carbocycles. The van der Waals surface area contributed by atoms with Crippen molar-refractivity contribution in [2.24, 2.45) is 5.73 Å². The zero-order chi connectivity index (χ0) is 14.2. The van der Waals surface area contributed by atoms with Crippen molar-refractivity contribution in [2.75, 3.05) is 12.3 Å². The maximum absolute atomic E-state index is 12.0. The molecule has 1 heterocycles. The van der Waals surface area contributed by atoms with Crippen LogP contribution in [0, 0.1) is 0 Å². The molecule has 1 aromatic carbocycles. The molecule has 1 aromatic rings. The molecule has 0 aromatic heterocycles. The van der Waals surface area contributed by atoms with Gasteiger partial charge in [0.15, 0.2) is 9.84 Å². The first-order chi connectivity index (χ1) is 9.58. The predicted octanol–water partition coefficient (Wildman–Crippen LogP) is 1.69. The van der Waals surface area contributed by atoms with Gasteiger partial charge in [-0.1, -0.05) is 30.7 Å². The molecule has 0 saturated carbocycles. The van der Waals surface area contributed by atoms with E-state index in [2.05, 4.69) is 17.4 Å². The van der Waals surface area contributed by atoms with Crippen LogP contribution < -0.4 is 11.1 Å². The molecule has 1 fully saturated rings. The Kier molecular flexibility index (Phi) is 3.84. The van der Waals surface area contributed by atoms with Crippen molar-refractivity contribution in [2.45, 2.75) is 43.0 Å². The van der Waals surface area contributed by atoms with Crippen LogP contribution >= 0.6 is 0 Å². The van der Waals surface area contributed by atoms with Gasteiger partial charge >= 0.3 is 0 Å². The second-order valence-electron chi connectivity index (χ2n) is 5.92. The summed E-state index contributed by atoms with van der Waals surface area (Å²) < 4.78 is 24.1. The molecule has 1 saturated heterocycles. The Balaban J connectivity index is 1.68. The van der Waals surface area contributed by atoms with Gasteiger partial charge in [0.1, 0.15) is 0 Å². The van der Waals surface area contributed by atoms with Crippen molar-refractivity contribution in [3.8, 4) is 0 Å². The minimum Gasteiger partial charge on any atom is -0.324 e. The molecule has 0 amide bonds. The fourth-order valence-corrected chi connectivity index (χ4v) is 5.21. The Bertz CT molecular complexity index is 585. The average Bonchev–Trinajstić information content (AvgIpc) is 2.75. The molecule has 2 aliphatic rings. The molecule has 4 nitrogen and oxygen atoms in total. The Morgan fingerprint density at radius 2 is 1.95 bits per heavy atom. The van der Waals surface area contributed by atoms with Crippen LogP contribution in [-0.2, 0) is 9.84 Å². The normalized spacial score (nSPS) is 31.9. The van der Waals surface area contributed by atoms with Crippen molar-refractivity contribution in [1.29, 1.82) is 0 Å². The quantitative estimate of drug-likeness (QED) is 0.890. The van der Waals surface area contributed by atoms with E-state index in [0.717, 1.165) is 25.7 Å². The maximum Gasteiger partial charge on any atom is 0.154 e. The maximum atomic E-state index is 12.0. The van der Waals surface area contributed by atoms with Gasteiger partial charge in [-0.15, -0.1) is 0 Å². The summed E-state index contributed by atoms with van der Waals surface area (Å²) in [5.41, 5.74) is 8.56. The molecule has 0 bridgehead atoms. The number of nitrogens with two attached hydrogens (primary N) is 1. The largest absolute Gasteiger partial charge is 0.324 e. The first-order valence-electron chi connectivity index (χ1n) is 7.37. The monoisotopic (exact) mass is 294 g/mol. The average molecular weight is 294 g/mol. The molecule has 1 aliphatic heterocycles. The van der Waals surface area contributed by atoms with E-state index in [0.29, 0.717) is 12.3 Å². The molecule has 3 N–H and O–H groups in total. The fraction of sp³-hybridized carbons (Fsp3) is 0.600. The number of rotatable bonds is 3. The molecule has 3 rings (SSSR count). The Morgan fingerprint density at radius 3 is 2.70 bits per heavy atom. The lowest BCUT2D eigenvalue weighted by Crippen LogP contribution is -2.38. The molecule has 3 unspecified atom stereocenters. The summed E-state index contributed by atoms with van der Waals surface area (Å²) in [4.78, 5) is 0. The van der Waals surface area contributed by atoms with E-state index in [4.69, 9.17) is 5.73 Å². The van der Waals surface area contributed by atoms with E-state index in [1.807, 2.05) is 12.1 Å².